The maximum atomic E-state index is 13.3. The fourth-order valence-corrected chi connectivity index (χ4v) is 4.64. The molecule has 10 nitrogen and oxygen atoms in total. The minimum absolute atomic E-state index is 0.0288. The lowest BCUT2D eigenvalue weighted by Crippen LogP contribution is -2.18. The number of carbonyl (C=O) groups is 1. The summed E-state index contributed by atoms with van der Waals surface area (Å²) in [6.07, 6.45) is 2.34. The molecule has 5 rings (SSSR count). The average Bonchev–Trinajstić information content (AvgIpc) is 3.06. The lowest BCUT2D eigenvalue weighted by atomic mass is 10.1. The van der Waals surface area contributed by atoms with Gasteiger partial charge in [-0.3, -0.25) is 9.48 Å². The number of H-pyrrole nitrogens is 1. The molecule has 1 aromatic carbocycles. The summed E-state index contributed by atoms with van der Waals surface area (Å²) in [5, 5.41) is 9.80. The van der Waals surface area contributed by atoms with E-state index in [4.69, 9.17) is 0 Å². The molecule has 3 heterocycles. The molecule has 13 heteroatoms. The second kappa shape index (κ2) is 7.83. The Morgan fingerprint density at radius 1 is 1.20 bits per heavy atom. The highest BCUT2D eigenvalue weighted by Gasteiger charge is 2.61. The van der Waals surface area contributed by atoms with E-state index in [-0.39, 0.29) is 16.4 Å². The molecule has 1 fully saturated rings. The number of anilines is 3. The SMILES string of the molecule is Cc1nc2c(Nc3ccc(-c4ccn(C)n4)cc3S(C)(=O)=O)cc(NC(=O)[C@H]3CC3(F)F)nc2[nH]1. The minimum Gasteiger partial charge on any atom is -0.352 e. The van der Waals surface area contributed by atoms with Gasteiger partial charge in [0.2, 0.25) is 5.91 Å². The van der Waals surface area contributed by atoms with Gasteiger partial charge in [0.25, 0.3) is 5.92 Å². The maximum Gasteiger partial charge on any atom is 0.260 e. The van der Waals surface area contributed by atoms with Gasteiger partial charge in [0.05, 0.1) is 22.0 Å². The number of aromatic nitrogens is 5. The Morgan fingerprint density at radius 3 is 2.57 bits per heavy atom. The third-order valence-electron chi connectivity index (χ3n) is 5.63. The highest BCUT2D eigenvalue weighted by Crippen LogP contribution is 2.49. The van der Waals surface area contributed by atoms with Crippen molar-refractivity contribution in [3.8, 4) is 11.3 Å². The standard InChI is InChI=1S/C22H21F2N7O3S/c1-11-25-19-16(9-18(28-20(19)26-11)29-21(32)13-10-22(13,23)24)27-15-5-4-12(8-17(15)35(3,33)34)14-6-7-31(2)30-14/h4-9,13H,10H2,1-3H3,(H3,25,26,27,28,29,32)/t13-/m1/s1. The van der Waals surface area contributed by atoms with E-state index < -0.39 is 34.0 Å². The van der Waals surface area contributed by atoms with E-state index in [2.05, 4.69) is 30.7 Å². The molecule has 0 unspecified atom stereocenters. The van der Waals surface area contributed by atoms with Crippen LogP contribution in [0.2, 0.25) is 0 Å². The van der Waals surface area contributed by atoms with Gasteiger partial charge in [-0.05, 0) is 25.1 Å². The molecule has 3 N–H and O–H groups in total. The second-order valence-corrected chi connectivity index (χ2v) is 10.5. The van der Waals surface area contributed by atoms with Gasteiger partial charge < -0.3 is 15.6 Å². The van der Waals surface area contributed by atoms with Crippen LogP contribution in [0, 0.1) is 12.8 Å². The van der Waals surface area contributed by atoms with Crippen LogP contribution in [-0.2, 0) is 21.7 Å². The molecule has 0 spiro atoms. The van der Waals surface area contributed by atoms with Crippen molar-refractivity contribution in [3.63, 3.8) is 0 Å². The number of pyridine rings is 1. The van der Waals surface area contributed by atoms with Crippen molar-refractivity contribution in [1.82, 2.24) is 24.7 Å². The second-order valence-electron chi connectivity index (χ2n) is 8.56. The number of aryl methyl sites for hydroxylation is 2. The molecule has 1 amide bonds. The lowest BCUT2D eigenvalue weighted by Gasteiger charge is -2.14. The maximum absolute atomic E-state index is 13.3. The van der Waals surface area contributed by atoms with E-state index in [9.17, 15) is 22.0 Å². The van der Waals surface area contributed by atoms with E-state index in [1.54, 1.807) is 43.0 Å². The first kappa shape index (κ1) is 22.9. The molecular weight excluding hydrogens is 480 g/mol. The van der Waals surface area contributed by atoms with Gasteiger partial charge in [-0.25, -0.2) is 27.2 Å². The summed E-state index contributed by atoms with van der Waals surface area (Å²) in [5.74, 6) is -4.68. The third-order valence-corrected chi connectivity index (χ3v) is 6.76. The van der Waals surface area contributed by atoms with Crippen molar-refractivity contribution in [3.05, 3.63) is 42.4 Å². The van der Waals surface area contributed by atoms with Gasteiger partial charge in [0.15, 0.2) is 15.5 Å². The van der Waals surface area contributed by atoms with E-state index in [1.165, 1.54) is 12.1 Å². The summed E-state index contributed by atoms with van der Waals surface area (Å²) in [7, 11) is -1.90. The topological polar surface area (TPSA) is 135 Å². The van der Waals surface area contributed by atoms with Crippen LogP contribution in [0.3, 0.4) is 0 Å². The number of imidazole rings is 1. The first-order chi connectivity index (χ1) is 16.4. The Morgan fingerprint density at radius 2 is 1.94 bits per heavy atom. The number of carbonyl (C=O) groups excluding carboxylic acids is 1. The van der Waals surface area contributed by atoms with Crippen LogP contribution in [0.25, 0.3) is 22.4 Å². The molecule has 0 aliphatic heterocycles. The Labute approximate surface area is 198 Å². The first-order valence-corrected chi connectivity index (χ1v) is 12.5. The van der Waals surface area contributed by atoms with Crippen LogP contribution in [0.15, 0.2) is 41.4 Å². The molecule has 0 bridgehead atoms. The van der Waals surface area contributed by atoms with E-state index in [0.29, 0.717) is 33.9 Å². The fourth-order valence-electron chi connectivity index (χ4n) is 3.78. The number of alkyl halides is 2. The van der Waals surface area contributed by atoms with Gasteiger partial charge in [-0.1, -0.05) is 6.07 Å². The van der Waals surface area contributed by atoms with Crippen molar-refractivity contribution < 1.29 is 22.0 Å². The first-order valence-electron chi connectivity index (χ1n) is 10.6. The number of fused-ring (bicyclic) bond motifs is 1. The molecule has 1 saturated carbocycles. The van der Waals surface area contributed by atoms with Crippen LogP contribution in [0.4, 0.5) is 26.0 Å². The molecule has 0 saturated heterocycles. The van der Waals surface area contributed by atoms with Crippen LogP contribution in [0.1, 0.15) is 12.2 Å². The van der Waals surface area contributed by atoms with Crippen LogP contribution in [0.5, 0.6) is 0 Å². The highest BCUT2D eigenvalue weighted by atomic mass is 32.2. The summed E-state index contributed by atoms with van der Waals surface area (Å²) in [6.45, 7) is 1.71. The zero-order valence-corrected chi connectivity index (χ0v) is 19.7. The summed E-state index contributed by atoms with van der Waals surface area (Å²) in [4.78, 5) is 23.8. The number of benzene rings is 1. The Kier molecular flexibility index (Phi) is 5.13. The molecule has 0 radical (unpaired) electrons. The van der Waals surface area contributed by atoms with Gasteiger partial charge in [-0.15, -0.1) is 0 Å². The van der Waals surface area contributed by atoms with Crippen molar-refractivity contribution in [2.45, 2.75) is 24.2 Å². The molecule has 1 aliphatic rings. The van der Waals surface area contributed by atoms with Gasteiger partial charge >= 0.3 is 0 Å². The molecular formula is C22H21F2N7O3S. The van der Waals surface area contributed by atoms with Gasteiger partial charge in [0.1, 0.15) is 23.1 Å². The molecule has 4 aromatic rings. The fraction of sp³-hybridized carbons (Fsp3) is 0.273. The monoisotopic (exact) mass is 501 g/mol. The molecule has 182 valence electrons. The lowest BCUT2D eigenvalue weighted by molar-refractivity contribution is -0.119. The van der Waals surface area contributed by atoms with E-state index >= 15 is 0 Å². The van der Waals surface area contributed by atoms with Crippen molar-refractivity contribution in [2.24, 2.45) is 13.0 Å². The van der Waals surface area contributed by atoms with Crippen LogP contribution in [-0.4, -0.2) is 51.2 Å². The number of amides is 1. The van der Waals surface area contributed by atoms with Crippen molar-refractivity contribution in [2.75, 3.05) is 16.9 Å². The molecule has 1 atom stereocenters. The number of sulfone groups is 1. The average molecular weight is 502 g/mol. The van der Waals surface area contributed by atoms with Crippen molar-refractivity contribution in [1.29, 1.82) is 0 Å². The number of hydrogen-bond donors (Lipinski definition) is 3. The third kappa shape index (κ3) is 4.46. The van der Waals surface area contributed by atoms with Crippen LogP contribution < -0.4 is 10.6 Å². The molecule has 3 aromatic heterocycles. The normalized spacial score (nSPS) is 16.9. The smallest absolute Gasteiger partial charge is 0.260 e. The Bertz CT molecular complexity index is 1590. The predicted molar refractivity (Wildman–Crippen MR) is 125 cm³/mol. The number of hydrogen-bond acceptors (Lipinski definition) is 7. The van der Waals surface area contributed by atoms with Crippen molar-refractivity contribution >= 4 is 44.1 Å². The molecule has 1 aliphatic carbocycles. The minimum atomic E-state index is -3.66. The van der Waals surface area contributed by atoms with E-state index in [1.807, 2.05) is 0 Å². The Balaban J connectivity index is 1.55. The summed E-state index contributed by atoms with van der Waals surface area (Å²) in [6, 6.07) is 8.05. The zero-order valence-electron chi connectivity index (χ0n) is 18.9. The summed E-state index contributed by atoms with van der Waals surface area (Å²) >= 11 is 0. The van der Waals surface area contributed by atoms with Gasteiger partial charge in [-0.2, -0.15) is 5.10 Å². The van der Waals surface area contributed by atoms with Gasteiger partial charge in [0, 0.05) is 37.6 Å². The number of nitrogens with zero attached hydrogens (tertiary/aromatic N) is 4. The zero-order chi connectivity index (χ0) is 25.1. The van der Waals surface area contributed by atoms with E-state index in [0.717, 1.165) is 6.26 Å². The number of halogens is 2. The number of nitrogens with one attached hydrogen (secondary N) is 3. The molecule has 35 heavy (non-hydrogen) atoms. The quantitative estimate of drug-likeness (QED) is 0.369. The summed E-state index contributed by atoms with van der Waals surface area (Å²) < 4.78 is 53.5. The number of rotatable bonds is 6. The Hall–Kier alpha value is -3.87. The largest absolute Gasteiger partial charge is 0.352 e. The number of aromatic amines is 1. The predicted octanol–water partition coefficient (Wildman–Crippen LogP) is 3.41. The highest BCUT2D eigenvalue weighted by molar-refractivity contribution is 7.90. The summed E-state index contributed by atoms with van der Waals surface area (Å²) in [5.41, 5.74) is 2.53. The van der Waals surface area contributed by atoms with Crippen LogP contribution >= 0.6 is 0 Å².